The summed E-state index contributed by atoms with van der Waals surface area (Å²) < 4.78 is 0.203. The lowest BCUT2D eigenvalue weighted by Crippen LogP contribution is -2.41. The van der Waals surface area contributed by atoms with Crippen LogP contribution in [-0.2, 0) is 0 Å². The van der Waals surface area contributed by atoms with E-state index in [1.807, 2.05) is 11.8 Å². The van der Waals surface area contributed by atoms with E-state index in [-0.39, 0.29) is 4.75 Å². The van der Waals surface area contributed by atoms with Crippen LogP contribution in [0, 0.1) is 5.92 Å². The number of likely N-dealkylation sites (tertiary alicyclic amines) is 1. The maximum Gasteiger partial charge on any atom is 0.191 e. The fourth-order valence-electron chi connectivity index (χ4n) is 2.28. The smallest absolute Gasteiger partial charge is 0.191 e. The maximum absolute atomic E-state index is 4.72. The molecule has 118 valence electrons. The van der Waals surface area contributed by atoms with E-state index < -0.39 is 0 Å². The number of aliphatic imine (C=N–C) groups is 1. The highest BCUT2D eigenvalue weighted by Crippen LogP contribution is 2.21. The predicted octanol–water partition coefficient (Wildman–Crippen LogP) is 2.02. The first-order chi connectivity index (χ1) is 9.50. The third-order valence-electron chi connectivity index (χ3n) is 3.89. The van der Waals surface area contributed by atoms with E-state index in [0.717, 1.165) is 31.5 Å². The molecule has 2 N–H and O–H groups in total. The summed E-state index contributed by atoms with van der Waals surface area (Å²) in [6.07, 6.45) is 3.45. The van der Waals surface area contributed by atoms with Gasteiger partial charge in [-0.15, -0.1) is 0 Å². The van der Waals surface area contributed by atoms with Crippen LogP contribution in [0.25, 0.3) is 0 Å². The number of thioether (sulfide) groups is 1. The van der Waals surface area contributed by atoms with Crippen molar-refractivity contribution >= 4 is 17.7 Å². The van der Waals surface area contributed by atoms with Crippen molar-refractivity contribution in [2.75, 3.05) is 45.5 Å². The lowest BCUT2D eigenvalue weighted by atomic mass is 10.1. The Labute approximate surface area is 129 Å². The van der Waals surface area contributed by atoms with Crippen LogP contribution in [0.3, 0.4) is 0 Å². The van der Waals surface area contributed by atoms with Gasteiger partial charge in [-0.25, -0.2) is 0 Å². The molecule has 0 bridgehead atoms. The molecule has 0 aromatic rings. The topological polar surface area (TPSA) is 39.7 Å². The van der Waals surface area contributed by atoms with Gasteiger partial charge >= 0.3 is 0 Å². The van der Waals surface area contributed by atoms with Gasteiger partial charge in [0.2, 0.25) is 0 Å². The molecule has 1 fully saturated rings. The molecule has 1 saturated heterocycles. The molecule has 0 aliphatic carbocycles. The van der Waals surface area contributed by atoms with Gasteiger partial charge in [-0.2, -0.15) is 11.8 Å². The molecular weight excluding hydrogens is 268 g/mol. The molecule has 1 atom stereocenters. The van der Waals surface area contributed by atoms with Crippen molar-refractivity contribution in [1.29, 1.82) is 0 Å². The monoisotopic (exact) mass is 300 g/mol. The van der Waals surface area contributed by atoms with E-state index in [1.54, 1.807) is 0 Å². The van der Waals surface area contributed by atoms with Gasteiger partial charge in [0.1, 0.15) is 0 Å². The maximum atomic E-state index is 4.72. The van der Waals surface area contributed by atoms with Crippen molar-refractivity contribution in [3.8, 4) is 0 Å². The van der Waals surface area contributed by atoms with Crippen molar-refractivity contribution in [3.63, 3.8) is 0 Å². The van der Waals surface area contributed by atoms with E-state index in [4.69, 9.17) is 4.99 Å². The Morgan fingerprint density at radius 1 is 1.35 bits per heavy atom. The van der Waals surface area contributed by atoms with Gasteiger partial charge in [-0.3, -0.25) is 4.99 Å². The van der Waals surface area contributed by atoms with Crippen LogP contribution in [0.4, 0.5) is 0 Å². The van der Waals surface area contributed by atoms with Crippen LogP contribution in [0.15, 0.2) is 4.99 Å². The molecular formula is C15H32N4S. The van der Waals surface area contributed by atoms with Crippen molar-refractivity contribution in [2.45, 2.75) is 38.9 Å². The largest absolute Gasteiger partial charge is 0.357 e. The van der Waals surface area contributed by atoms with Crippen molar-refractivity contribution in [2.24, 2.45) is 10.9 Å². The van der Waals surface area contributed by atoms with Crippen molar-refractivity contribution in [3.05, 3.63) is 0 Å². The summed E-state index contributed by atoms with van der Waals surface area (Å²) in [5, 5.41) is 6.85. The average Bonchev–Trinajstić information content (AvgIpc) is 2.90. The molecule has 20 heavy (non-hydrogen) atoms. The number of guanidine groups is 1. The lowest BCUT2D eigenvalue weighted by molar-refractivity contribution is 0.342. The highest BCUT2D eigenvalue weighted by atomic mass is 32.2. The minimum atomic E-state index is 0.203. The summed E-state index contributed by atoms with van der Waals surface area (Å²) in [5.41, 5.74) is 0. The van der Waals surface area contributed by atoms with E-state index >= 15 is 0 Å². The molecule has 0 amide bonds. The summed E-state index contributed by atoms with van der Waals surface area (Å²) in [7, 11) is 0. The molecule has 0 aromatic carbocycles. The van der Waals surface area contributed by atoms with Gasteiger partial charge in [0.05, 0.1) is 6.54 Å². The average molecular weight is 301 g/mol. The first kappa shape index (κ1) is 17.6. The van der Waals surface area contributed by atoms with Gasteiger partial charge in [-0.05, 0) is 52.5 Å². The zero-order valence-electron chi connectivity index (χ0n) is 13.8. The number of hydrogen-bond donors (Lipinski definition) is 2. The van der Waals surface area contributed by atoms with E-state index in [2.05, 4.69) is 49.5 Å². The molecule has 1 unspecified atom stereocenters. The molecule has 1 heterocycles. The standard InChI is InChI=1S/C15H32N4S/c1-6-16-14(18-12-15(3,4)20-5)17-10-13-8-9-19(7-2)11-13/h13H,6-12H2,1-5H3,(H2,16,17,18). The molecule has 0 spiro atoms. The molecule has 0 radical (unpaired) electrons. The molecule has 0 saturated carbocycles. The molecule has 4 nitrogen and oxygen atoms in total. The quantitative estimate of drug-likeness (QED) is 0.557. The first-order valence-electron chi connectivity index (χ1n) is 7.80. The van der Waals surface area contributed by atoms with Gasteiger partial charge in [0.15, 0.2) is 5.96 Å². The molecule has 1 aliphatic rings. The van der Waals surface area contributed by atoms with E-state index in [1.165, 1.54) is 26.1 Å². The molecule has 0 aromatic heterocycles. The SMILES string of the molecule is CCNC(=NCC(C)(C)SC)NCC1CCN(CC)C1. The number of nitrogens with one attached hydrogen (secondary N) is 2. The second-order valence-corrected chi connectivity index (χ2v) is 7.60. The Hall–Kier alpha value is -0.420. The van der Waals surface area contributed by atoms with Crippen molar-refractivity contribution in [1.82, 2.24) is 15.5 Å². The molecule has 1 rings (SSSR count). The Balaban J connectivity index is 2.41. The lowest BCUT2D eigenvalue weighted by Gasteiger charge is -2.21. The van der Waals surface area contributed by atoms with Crippen molar-refractivity contribution < 1.29 is 0 Å². The van der Waals surface area contributed by atoms with E-state index in [9.17, 15) is 0 Å². The van der Waals surface area contributed by atoms with Crippen LogP contribution in [0.2, 0.25) is 0 Å². The van der Waals surface area contributed by atoms with E-state index in [0.29, 0.717) is 0 Å². The normalized spacial score (nSPS) is 21.2. The third-order valence-corrected chi connectivity index (χ3v) is 5.12. The Morgan fingerprint density at radius 3 is 2.65 bits per heavy atom. The predicted molar refractivity (Wildman–Crippen MR) is 91.8 cm³/mol. The zero-order chi connectivity index (χ0) is 15.0. The fourth-order valence-corrected chi connectivity index (χ4v) is 2.48. The van der Waals surface area contributed by atoms with Crippen LogP contribution in [0.1, 0.15) is 34.1 Å². The zero-order valence-corrected chi connectivity index (χ0v) is 14.6. The summed E-state index contributed by atoms with van der Waals surface area (Å²) in [4.78, 5) is 7.24. The number of rotatable bonds is 7. The van der Waals surface area contributed by atoms with Gasteiger partial charge in [0.25, 0.3) is 0 Å². The highest BCUT2D eigenvalue weighted by molar-refractivity contribution is 7.99. The van der Waals surface area contributed by atoms with Crippen LogP contribution in [0.5, 0.6) is 0 Å². The molecule has 5 heteroatoms. The van der Waals surface area contributed by atoms with Crippen LogP contribution >= 0.6 is 11.8 Å². The summed E-state index contributed by atoms with van der Waals surface area (Å²) in [6.45, 7) is 15.3. The minimum Gasteiger partial charge on any atom is -0.357 e. The Kier molecular flexibility index (Phi) is 7.74. The molecule has 1 aliphatic heterocycles. The fraction of sp³-hybridized carbons (Fsp3) is 0.933. The van der Waals surface area contributed by atoms with Gasteiger partial charge in [-0.1, -0.05) is 6.92 Å². The summed E-state index contributed by atoms with van der Waals surface area (Å²) in [5.74, 6) is 1.72. The van der Waals surface area contributed by atoms with Gasteiger partial charge in [0, 0.05) is 24.4 Å². The Bertz CT molecular complexity index is 304. The number of hydrogen-bond acceptors (Lipinski definition) is 3. The summed E-state index contributed by atoms with van der Waals surface area (Å²) in [6, 6.07) is 0. The third kappa shape index (κ3) is 6.35. The van der Waals surface area contributed by atoms with Gasteiger partial charge < -0.3 is 15.5 Å². The minimum absolute atomic E-state index is 0.203. The van der Waals surface area contributed by atoms with Crippen LogP contribution < -0.4 is 10.6 Å². The van der Waals surface area contributed by atoms with Crippen LogP contribution in [-0.4, -0.2) is 61.1 Å². The number of nitrogens with zero attached hydrogens (tertiary/aromatic N) is 2. The second-order valence-electron chi connectivity index (χ2n) is 6.09. The first-order valence-corrected chi connectivity index (χ1v) is 9.03. The highest BCUT2D eigenvalue weighted by Gasteiger charge is 2.21. The summed E-state index contributed by atoms with van der Waals surface area (Å²) >= 11 is 1.86. The second kappa shape index (κ2) is 8.78. The Morgan fingerprint density at radius 2 is 2.10 bits per heavy atom.